The molecule has 1 aliphatic carbocycles. The Hall–Kier alpha value is -0.870. The monoisotopic (exact) mass is 293 g/mol. The van der Waals surface area contributed by atoms with E-state index < -0.39 is 0 Å². The zero-order chi connectivity index (χ0) is 15.3. The van der Waals surface area contributed by atoms with Crippen LogP contribution in [0.25, 0.3) is 0 Å². The van der Waals surface area contributed by atoms with Gasteiger partial charge in [0, 0.05) is 30.6 Å². The maximum absolute atomic E-state index is 6.18. The summed E-state index contributed by atoms with van der Waals surface area (Å²) in [5, 5.41) is 3.50. The van der Waals surface area contributed by atoms with Gasteiger partial charge in [0.1, 0.15) is 11.4 Å². The maximum atomic E-state index is 6.18. The van der Waals surface area contributed by atoms with Crippen LogP contribution in [0.15, 0.2) is 6.20 Å². The number of nitrogens with one attached hydrogen (secondary N) is 2. The Labute approximate surface area is 129 Å². The van der Waals surface area contributed by atoms with E-state index in [2.05, 4.69) is 43.0 Å². The zero-order valence-corrected chi connectivity index (χ0v) is 14.1. The molecule has 1 aromatic heterocycles. The first-order chi connectivity index (χ1) is 9.95. The highest BCUT2D eigenvalue weighted by molar-refractivity contribution is 5.10. The van der Waals surface area contributed by atoms with E-state index in [1.54, 1.807) is 0 Å². The smallest absolute Gasteiger partial charge is 0.138 e. The fourth-order valence-corrected chi connectivity index (χ4v) is 3.07. The molecule has 1 saturated carbocycles. The summed E-state index contributed by atoms with van der Waals surface area (Å²) in [5.74, 6) is 1.02. The topological polar surface area (TPSA) is 49.9 Å². The Morgan fingerprint density at radius 1 is 1.24 bits per heavy atom. The van der Waals surface area contributed by atoms with Gasteiger partial charge in [0.25, 0.3) is 0 Å². The van der Waals surface area contributed by atoms with Gasteiger partial charge >= 0.3 is 0 Å². The van der Waals surface area contributed by atoms with Crippen LogP contribution in [-0.2, 0) is 16.9 Å². The Morgan fingerprint density at radius 3 is 2.48 bits per heavy atom. The number of hydrogen-bond donors (Lipinski definition) is 2. The molecule has 0 unspecified atom stereocenters. The maximum Gasteiger partial charge on any atom is 0.138 e. The van der Waals surface area contributed by atoms with Crippen LogP contribution >= 0.6 is 0 Å². The third-order valence-electron chi connectivity index (χ3n) is 4.20. The molecule has 120 valence electrons. The number of hydrogen-bond acceptors (Lipinski definition) is 3. The van der Waals surface area contributed by atoms with Gasteiger partial charge in [-0.25, -0.2) is 4.98 Å². The lowest BCUT2D eigenvalue weighted by molar-refractivity contribution is -0.0619. The van der Waals surface area contributed by atoms with E-state index in [9.17, 15) is 0 Å². The molecule has 0 aromatic carbocycles. The predicted octanol–water partition coefficient (Wildman–Crippen LogP) is 3.88. The van der Waals surface area contributed by atoms with Crippen LogP contribution in [0.3, 0.4) is 0 Å². The average molecular weight is 293 g/mol. The van der Waals surface area contributed by atoms with Crippen LogP contribution in [-0.4, -0.2) is 22.1 Å². The van der Waals surface area contributed by atoms with Crippen molar-refractivity contribution in [2.75, 3.05) is 6.61 Å². The number of nitrogens with zero attached hydrogens (tertiary/aromatic N) is 1. The summed E-state index contributed by atoms with van der Waals surface area (Å²) in [6.07, 6.45) is 9.22. The first kappa shape index (κ1) is 16.5. The van der Waals surface area contributed by atoms with Crippen LogP contribution < -0.4 is 5.32 Å². The lowest BCUT2D eigenvalue weighted by Gasteiger charge is -2.30. The summed E-state index contributed by atoms with van der Waals surface area (Å²) in [6.45, 7) is 10.2. The summed E-state index contributed by atoms with van der Waals surface area (Å²) in [5.41, 5.74) is 1.07. The fraction of sp³-hybridized carbons (Fsp3) is 0.824. The SMILES string of the molecule is CCOC1(c2ncc(CNC(C)(C)C)[nH]2)CCCCCC1. The minimum atomic E-state index is -0.189. The Bertz CT molecular complexity index is 425. The summed E-state index contributed by atoms with van der Waals surface area (Å²) < 4.78 is 6.18. The van der Waals surface area contributed by atoms with Crippen molar-refractivity contribution in [1.29, 1.82) is 0 Å². The molecule has 0 saturated heterocycles. The lowest BCUT2D eigenvalue weighted by Crippen LogP contribution is -2.35. The quantitative estimate of drug-likeness (QED) is 0.810. The Kier molecular flexibility index (Phi) is 5.44. The first-order valence-corrected chi connectivity index (χ1v) is 8.38. The summed E-state index contributed by atoms with van der Waals surface area (Å²) in [7, 11) is 0. The number of ether oxygens (including phenoxy) is 1. The van der Waals surface area contributed by atoms with Gasteiger partial charge in [0.15, 0.2) is 0 Å². The van der Waals surface area contributed by atoms with Crippen molar-refractivity contribution < 1.29 is 4.74 Å². The van der Waals surface area contributed by atoms with Crippen molar-refractivity contribution >= 4 is 0 Å². The Balaban J connectivity index is 2.11. The molecular formula is C17H31N3O. The largest absolute Gasteiger partial charge is 0.367 e. The number of imidazole rings is 1. The standard InChI is InChI=1S/C17H31N3O/c1-5-21-17(10-8-6-7-9-11-17)15-18-12-14(20-15)13-19-16(2,3)4/h12,19H,5-11,13H2,1-4H3,(H,18,20). The summed E-state index contributed by atoms with van der Waals surface area (Å²) in [6, 6.07) is 0. The molecule has 0 radical (unpaired) electrons. The molecule has 4 heteroatoms. The van der Waals surface area contributed by atoms with E-state index in [-0.39, 0.29) is 11.1 Å². The second kappa shape index (κ2) is 6.93. The zero-order valence-electron chi connectivity index (χ0n) is 14.1. The molecule has 2 N–H and O–H groups in total. The minimum Gasteiger partial charge on any atom is -0.367 e. The van der Waals surface area contributed by atoms with Gasteiger partial charge in [-0.3, -0.25) is 0 Å². The average Bonchev–Trinajstić information content (AvgIpc) is 2.77. The third-order valence-corrected chi connectivity index (χ3v) is 4.20. The molecular weight excluding hydrogens is 262 g/mol. The minimum absolute atomic E-state index is 0.116. The van der Waals surface area contributed by atoms with Crippen LogP contribution in [0, 0.1) is 0 Å². The molecule has 1 heterocycles. The number of rotatable bonds is 5. The second-order valence-corrected chi connectivity index (χ2v) is 7.20. The van der Waals surface area contributed by atoms with Gasteiger partial charge in [-0.1, -0.05) is 25.7 Å². The van der Waals surface area contributed by atoms with Crippen LogP contribution in [0.2, 0.25) is 0 Å². The molecule has 2 rings (SSSR count). The van der Waals surface area contributed by atoms with E-state index in [0.29, 0.717) is 0 Å². The second-order valence-electron chi connectivity index (χ2n) is 7.20. The van der Waals surface area contributed by atoms with E-state index in [4.69, 9.17) is 4.74 Å². The van der Waals surface area contributed by atoms with E-state index in [0.717, 1.165) is 37.5 Å². The van der Waals surface area contributed by atoms with Crippen LogP contribution in [0.4, 0.5) is 0 Å². The van der Waals surface area contributed by atoms with Gasteiger partial charge in [-0.15, -0.1) is 0 Å². The van der Waals surface area contributed by atoms with Crippen LogP contribution in [0.1, 0.15) is 77.7 Å². The van der Waals surface area contributed by atoms with Crippen molar-refractivity contribution in [2.24, 2.45) is 0 Å². The molecule has 0 aliphatic heterocycles. The molecule has 4 nitrogen and oxygen atoms in total. The molecule has 0 bridgehead atoms. The van der Waals surface area contributed by atoms with E-state index >= 15 is 0 Å². The number of H-pyrrole nitrogens is 1. The highest BCUT2D eigenvalue weighted by Gasteiger charge is 2.36. The molecule has 1 aromatic rings. The van der Waals surface area contributed by atoms with Crippen molar-refractivity contribution in [2.45, 2.75) is 83.9 Å². The van der Waals surface area contributed by atoms with Crippen molar-refractivity contribution in [1.82, 2.24) is 15.3 Å². The van der Waals surface area contributed by atoms with Crippen molar-refractivity contribution in [3.8, 4) is 0 Å². The molecule has 0 amide bonds. The van der Waals surface area contributed by atoms with E-state index in [1.165, 1.54) is 25.7 Å². The highest BCUT2D eigenvalue weighted by atomic mass is 16.5. The lowest BCUT2D eigenvalue weighted by atomic mass is 9.93. The molecule has 0 atom stereocenters. The van der Waals surface area contributed by atoms with E-state index in [1.807, 2.05) is 6.20 Å². The highest BCUT2D eigenvalue weighted by Crippen LogP contribution is 2.37. The molecule has 1 aliphatic rings. The summed E-state index contributed by atoms with van der Waals surface area (Å²) in [4.78, 5) is 8.16. The van der Waals surface area contributed by atoms with Crippen molar-refractivity contribution in [3.05, 3.63) is 17.7 Å². The molecule has 0 spiro atoms. The third kappa shape index (κ3) is 4.55. The Morgan fingerprint density at radius 2 is 1.90 bits per heavy atom. The van der Waals surface area contributed by atoms with Crippen molar-refractivity contribution in [3.63, 3.8) is 0 Å². The number of aromatic nitrogens is 2. The van der Waals surface area contributed by atoms with Gasteiger partial charge in [-0.05, 0) is 40.5 Å². The van der Waals surface area contributed by atoms with Gasteiger partial charge < -0.3 is 15.0 Å². The van der Waals surface area contributed by atoms with Gasteiger partial charge in [-0.2, -0.15) is 0 Å². The fourth-order valence-electron chi connectivity index (χ4n) is 3.07. The summed E-state index contributed by atoms with van der Waals surface area (Å²) >= 11 is 0. The first-order valence-electron chi connectivity index (χ1n) is 8.38. The molecule has 21 heavy (non-hydrogen) atoms. The normalized spacial score (nSPS) is 19.4. The van der Waals surface area contributed by atoms with Crippen LogP contribution in [0.5, 0.6) is 0 Å². The predicted molar refractivity (Wildman–Crippen MR) is 86.2 cm³/mol. The van der Waals surface area contributed by atoms with Gasteiger partial charge in [0.2, 0.25) is 0 Å². The molecule has 1 fully saturated rings. The number of aromatic amines is 1. The van der Waals surface area contributed by atoms with Gasteiger partial charge in [0.05, 0.1) is 0 Å².